The summed E-state index contributed by atoms with van der Waals surface area (Å²) in [6, 6.07) is 5.26. The van der Waals surface area contributed by atoms with E-state index in [-0.39, 0.29) is 11.1 Å². The van der Waals surface area contributed by atoms with Crippen molar-refractivity contribution in [2.24, 2.45) is 0 Å². The van der Waals surface area contributed by atoms with Crippen molar-refractivity contribution in [3.8, 4) is 0 Å². The first-order valence-corrected chi connectivity index (χ1v) is 5.01. The molecule has 0 atom stereocenters. The minimum absolute atomic E-state index is 0.130. The quantitative estimate of drug-likeness (QED) is 0.805. The maximum atomic E-state index is 11.5. The van der Waals surface area contributed by atoms with Crippen LogP contribution in [0.1, 0.15) is 22.8 Å². The lowest BCUT2D eigenvalue weighted by Gasteiger charge is -2.03. The SMILES string of the molecule is CCc1ccc2c(=O)[nH]cc(C(=O)O)c2c1. The van der Waals surface area contributed by atoms with Crippen LogP contribution in [0.5, 0.6) is 0 Å². The maximum absolute atomic E-state index is 11.5. The predicted octanol–water partition coefficient (Wildman–Crippen LogP) is 1.79. The third-order valence-electron chi connectivity index (χ3n) is 2.61. The van der Waals surface area contributed by atoms with Crippen LogP contribution in [0.3, 0.4) is 0 Å². The number of pyridine rings is 1. The van der Waals surface area contributed by atoms with E-state index in [4.69, 9.17) is 5.11 Å². The molecule has 0 fully saturated rings. The number of aromatic nitrogens is 1. The van der Waals surface area contributed by atoms with Crippen molar-refractivity contribution in [2.75, 3.05) is 0 Å². The number of aryl methyl sites for hydroxylation is 1. The van der Waals surface area contributed by atoms with Gasteiger partial charge in [0.25, 0.3) is 5.56 Å². The van der Waals surface area contributed by atoms with E-state index in [9.17, 15) is 9.59 Å². The van der Waals surface area contributed by atoms with Gasteiger partial charge in [0.1, 0.15) is 0 Å². The van der Waals surface area contributed by atoms with E-state index >= 15 is 0 Å². The second kappa shape index (κ2) is 3.81. The van der Waals surface area contributed by atoms with Gasteiger partial charge in [-0.25, -0.2) is 4.79 Å². The zero-order valence-corrected chi connectivity index (χ0v) is 8.78. The van der Waals surface area contributed by atoms with E-state index in [1.165, 1.54) is 6.20 Å². The van der Waals surface area contributed by atoms with E-state index in [0.29, 0.717) is 10.8 Å². The standard InChI is InChI=1S/C12H11NO3/c1-2-7-3-4-8-9(5-7)10(12(15)16)6-13-11(8)14/h3-6H,2H2,1H3,(H,13,14)(H,15,16). The molecule has 2 N–H and O–H groups in total. The normalized spacial score (nSPS) is 10.6. The Balaban J connectivity index is 2.88. The van der Waals surface area contributed by atoms with E-state index in [1.54, 1.807) is 12.1 Å². The third kappa shape index (κ3) is 1.58. The number of carboxylic acid groups (broad SMARTS) is 1. The van der Waals surface area contributed by atoms with E-state index in [1.807, 2.05) is 13.0 Å². The Morgan fingerprint density at radius 1 is 1.38 bits per heavy atom. The maximum Gasteiger partial charge on any atom is 0.337 e. The molecule has 16 heavy (non-hydrogen) atoms. The van der Waals surface area contributed by atoms with Crippen molar-refractivity contribution in [1.82, 2.24) is 4.98 Å². The number of aromatic amines is 1. The second-order valence-electron chi connectivity index (χ2n) is 3.57. The van der Waals surface area contributed by atoms with Crippen molar-refractivity contribution in [1.29, 1.82) is 0 Å². The number of nitrogens with one attached hydrogen (secondary N) is 1. The summed E-state index contributed by atoms with van der Waals surface area (Å²) < 4.78 is 0. The smallest absolute Gasteiger partial charge is 0.337 e. The molecule has 4 heteroatoms. The van der Waals surface area contributed by atoms with Gasteiger partial charge in [0.05, 0.1) is 5.56 Å². The number of fused-ring (bicyclic) bond motifs is 1. The number of aromatic carboxylic acids is 1. The number of rotatable bonds is 2. The molecule has 0 aliphatic rings. The lowest BCUT2D eigenvalue weighted by molar-refractivity contribution is 0.0698. The molecule has 1 aromatic heterocycles. The highest BCUT2D eigenvalue weighted by molar-refractivity contribution is 6.03. The van der Waals surface area contributed by atoms with Crippen LogP contribution in [0.4, 0.5) is 0 Å². The summed E-state index contributed by atoms with van der Waals surface area (Å²) in [5.41, 5.74) is 0.883. The molecule has 2 rings (SSSR count). The van der Waals surface area contributed by atoms with Gasteiger partial charge in [-0.2, -0.15) is 0 Å². The fourth-order valence-corrected chi connectivity index (χ4v) is 1.70. The zero-order valence-electron chi connectivity index (χ0n) is 8.78. The Bertz CT molecular complexity index is 613. The van der Waals surface area contributed by atoms with Gasteiger partial charge >= 0.3 is 5.97 Å². The number of H-pyrrole nitrogens is 1. The molecule has 2 aromatic rings. The summed E-state index contributed by atoms with van der Waals surface area (Å²) in [5.74, 6) is -1.03. The molecule has 1 heterocycles. The van der Waals surface area contributed by atoms with Crippen LogP contribution >= 0.6 is 0 Å². The topological polar surface area (TPSA) is 70.2 Å². The van der Waals surface area contributed by atoms with Crippen molar-refractivity contribution in [3.05, 3.63) is 45.9 Å². The monoisotopic (exact) mass is 217 g/mol. The lowest BCUT2D eigenvalue weighted by atomic mass is 10.0. The van der Waals surface area contributed by atoms with Crippen LogP contribution in [0.15, 0.2) is 29.2 Å². The molecule has 82 valence electrons. The highest BCUT2D eigenvalue weighted by Crippen LogP contribution is 2.17. The average molecular weight is 217 g/mol. The molecule has 0 amide bonds. The van der Waals surface area contributed by atoms with Gasteiger partial charge in [-0.1, -0.05) is 19.1 Å². The summed E-state index contributed by atoms with van der Waals surface area (Å²) in [5, 5.41) is 9.93. The molecule has 0 saturated heterocycles. The van der Waals surface area contributed by atoms with E-state index < -0.39 is 5.97 Å². The molecule has 0 aliphatic carbocycles. The highest BCUT2D eigenvalue weighted by Gasteiger charge is 2.10. The Labute approximate surface area is 91.5 Å². The summed E-state index contributed by atoms with van der Waals surface area (Å²) >= 11 is 0. The minimum Gasteiger partial charge on any atom is -0.478 e. The molecule has 0 spiro atoms. The van der Waals surface area contributed by atoms with Gasteiger partial charge in [0, 0.05) is 17.0 Å². The van der Waals surface area contributed by atoms with E-state index in [0.717, 1.165) is 12.0 Å². The number of carboxylic acids is 1. The number of carbonyl (C=O) groups is 1. The van der Waals surface area contributed by atoms with Crippen LogP contribution in [0.25, 0.3) is 10.8 Å². The molecule has 1 aromatic carbocycles. The Hall–Kier alpha value is -2.10. The second-order valence-corrected chi connectivity index (χ2v) is 3.57. The lowest BCUT2D eigenvalue weighted by Crippen LogP contribution is -2.10. The Kier molecular flexibility index (Phi) is 2.48. The van der Waals surface area contributed by atoms with Gasteiger partial charge < -0.3 is 10.1 Å². The van der Waals surface area contributed by atoms with Crippen molar-refractivity contribution >= 4 is 16.7 Å². The van der Waals surface area contributed by atoms with Gasteiger partial charge in [0.2, 0.25) is 0 Å². The van der Waals surface area contributed by atoms with Gasteiger partial charge in [0.15, 0.2) is 0 Å². The number of hydrogen-bond donors (Lipinski definition) is 2. The van der Waals surface area contributed by atoms with Crippen LogP contribution < -0.4 is 5.56 Å². The first kappa shape index (κ1) is 10.4. The molecule has 0 saturated carbocycles. The largest absolute Gasteiger partial charge is 0.478 e. The molecular weight excluding hydrogens is 206 g/mol. The predicted molar refractivity (Wildman–Crippen MR) is 60.9 cm³/mol. The first-order valence-electron chi connectivity index (χ1n) is 5.01. The van der Waals surface area contributed by atoms with Crippen molar-refractivity contribution in [3.63, 3.8) is 0 Å². The summed E-state index contributed by atoms with van der Waals surface area (Å²) in [4.78, 5) is 24.9. The van der Waals surface area contributed by atoms with Gasteiger partial charge in [-0.15, -0.1) is 0 Å². The molecule has 0 aliphatic heterocycles. The third-order valence-corrected chi connectivity index (χ3v) is 2.61. The summed E-state index contributed by atoms with van der Waals surface area (Å²) in [6.45, 7) is 1.98. The number of hydrogen-bond acceptors (Lipinski definition) is 2. The molecule has 0 bridgehead atoms. The zero-order chi connectivity index (χ0) is 11.7. The van der Waals surface area contributed by atoms with Gasteiger partial charge in [-0.3, -0.25) is 4.79 Å². The van der Waals surface area contributed by atoms with E-state index in [2.05, 4.69) is 4.98 Å². The van der Waals surface area contributed by atoms with Crippen LogP contribution in [-0.2, 0) is 6.42 Å². The van der Waals surface area contributed by atoms with Gasteiger partial charge in [-0.05, 0) is 18.1 Å². The number of benzene rings is 1. The fourth-order valence-electron chi connectivity index (χ4n) is 1.70. The molecule has 0 radical (unpaired) electrons. The molecule has 0 unspecified atom stereocenters. The van der Waals surface area contributed by atoms with Crippen LogP contribution in [0, 0.1) is 0 Å². The van der Waals surface area contributed by atoms with Crippen molar-refractivity contribution < 1.29 is 9.90 Å². The first-order chi connectivity index (χ1) is 7.63. The molecule has 4 nitrogen and oxygen atoms in total. The summed E-state index contributed by atoms with van der Waals surface area (Å²) in [7, 11) is 0. The van der Waals surface area contributed by atoms with Crippen LogP contribution in [0.2, 0.25) is 0 Å². The average Bonchev–Trinajstić information content (AvgIpc) is 2.28. The Morgan fingerprint density at radius 2 is 2.12 bits per heavy atom. The highest BCUT2D eigenvalue weighted by atomic mass is 16.4. The van der Waals surface area contributed by atoms with Crippen LogP contribution in [-0.4, -0.2) is 16.1 Å². The van der Waals surface area contributed by atoms with Crippen molar-refractivity contribution in [2.45, 2.75) is 13.3 Å². The summed E-state index contributed by atoms with van der Waals surface area (Å²) in [6.07, 6.45) is 2.05. The fraction of sp³-hybridized carbons (Fsp3) is 0.167. The molecular formula is C12H11NO3. The minimum atomic E-state index is -1.03. The Morgan fingerprint density at radius 3 is 2.75 bits per heavy atom.